The van der Waals surface area contributed by atoms with E-state index in [1.54, 1.807) is 0 Å². The zero-order valence-corrected chi connectivity index (χ0v) is 21.7. The van der Waals surface area contributed by atoms with Gasteiger partial charge in [-0.3, -0.25) is 9.69 Å². The Labute approximate surface area is 220 Å². The number of piperazine rings is 1. The summed E-state index contributed by atoms with van der Waals surface area (Å²) in [4.78, 5) is 17.9. The lowest BCUT2D eigenvalue weighted by Gasteiger charge is -2.40. The summed E-state index contributed by atoms with van der Waals surface area (Å²) in [6.07, 6.45) is 2.93. The van der Waals surface area contributed by atoms with E-state index in [4.69, 9.17) is 4.74 Å². The minimum absolute atomic E-state index is 0.112. The summed E-state index contributed by atoms with van der Waals surface area (Å²) in [5, 5.41) is 0. The van der Waals surface area contributed by atoms with Gasteiger partial charge < -0.3 is 9.64 Å². The average molecular weight is 499 g/mol. The molecule has 0 aliphatic carbocycles. The van der Waals surface area contributed by atoms with E-state index in [9.17, 15) is 4.79 Å². The van der Waals surface area contributed by atoms with Gasteiger partial charge in [0.25, 0.3) is 0 Å². The number of amides is 1. The van der Waals surface area contributed by atoms with Crippen LogP contribution in [0.5, 0.6) is 5.75 Å². The van der Waals surface area contributed by atoms with Gasteiger partial charge in [-0.1, -0.05) is 86.1 Å². The minimum Gasteiger partial charge on any atom is -0.494 e. The molecule has 2 aliphatic rings. The van der Waals surface area contributed by atoms with Crippen molar-refractivity contribution >= 4 is 5.91 Å². The number of nitrogens with one attached hydrogen (secondary N) is 2. The van der Waals surface area contributed by atoms with Crippen molar-refractivity contribution in [3.8, 4) is 5.75 Å². The van der Waals surface area contributed by atoms with Gasteiger partial charge in [-0.2, -0.15) is 0 Å². The maximum absolute atomic E-state index is 13.4. The Balaban J connectivity index is 1.17. The number of unbranched alkanes of at least 4 members (excludes halogenated alkanes) is 1. The summed E-state index contributed by atoms with van der Waals surface area (Å²) < 4.78 is 5.78. The smallest absolute Gasteiger partial charge is 0.241 e. The number of carbonyl (C=O) groups excluding carboxylic acids is 1. The third-order valence-corrected chi connectivity index (χ3v) is 7.47. The van der Waals surface area contributed by atoms with Crippen LogP contribution in [0.4, 0.5) is 0 Å². The first-order chi connectivity index (χ1) is 18.2. The highest BCUT2D eigenvalue weighted by Crippen LogP contribution is 2.30. The van der Waals surface area contributed by atoms with Crippen LogP contribution in [-0.4, -0.2) is 54.5 Å². The highest BCUT2D eigenvalue weighted by molar-refractivity contribution is 5.82. The number of rotatable bonds is 9. The first-order valence-corrected chi connectivity index (χ1v) is 13.6. The molecule has 37 heavy (non-hydrogen) atoms. The van der Waals surface area contributed by atoms with Crippen molar-refractivity contribution in [1.29, 1.82) is 0 Å². The average Bonchev–Trinajstić information content (AvgIpc) is 3.45. The first kappa shape index (κ1) is 25.5. The number of hydrogen-bond acceptors (Lipinski definition) is 5. The van der Waals surface area contributed by atoms with Crippen LogP contribution in [0.25, 0.3) is 0 Å². The highest BCUT2D eigenvalue weighted by atomic mass is 16.5. The third kappa shape index (κ3) is 6.21. The number of carbonyl (C=O) groups is 1. The molecule has 2 fully saturated rings. The molecule has 2 saturated heterocycles. The van der Waals surface area contributed by atoms with Gasteiger partial charge in [-0.25, -0.2) is 10.9 Å². The number of hydrogen-bond donors (Lipinski definition) is 2. The molecule has 0 aromatic heterocycles. The third-order valence-electron chi connectivity index (χ3n) is 7.47. The van der Waals surface area contributed by atoms with Crippen molar-refractivity contribution in [2.45, 2.75) is 44.3 Å². The molecule has 3 aromatic carbocycles. The van der Waals surface area contributed by atoms with E-state index in [-0.39, 0.29) is 24.0 Å². The molecule has 5 rings (SSSR count). The second-order valence-electron chi connectivity index (χ2n) is 9.99. The van der Waals surface area contributed by atoms with Gasteiger partial charge in [0, 0.05) is 32.2 Å². The largest absolute Gasteiger partial charge is 0.494 e. The molecule has 2 aliphatic heterocycles. The lowest BCUT2D eigenvalue weighted by Crippen LogP contribution is -2.54. The lowest BCUT2D eigenvalue weighted by molar-refractivity contribution is -0.135. The monoisotopic (exact) mass is 498 g/mol. The highest BCUT2D eigenvalue weighted by Gasteiger charge is 2.35. The topological polar surface area (TPSA) is 56.8 Å². The van der Waals surface area contributed by atoms with Crippen LogP contribution in [0, 0.1) is 0 Å². The summed E-state index contributed by atoms with van der Waals surface area (Å²) in [6, 6.07) is 29.7. The molecule has 0 saturated carbocycles. The van der Waals surface area contributed by atoms with Crippen molar-refractivity contribution in [3.05, 3.63) is 102 Å². The van der Waals surface area contributed by atoms with E-state index in [2.05, 4.69) is 95.5 Å². The molecule has 3 aromatic rings. The van der Waals surface area contributed by atoms with Crippen molar-refractivity contribution in [2.75, 3.05) is 32.8 Å². The van der Waals surface area contributed by atoms with E-state index < -0.39 is 0 Å². The summed E-state index contributed by atoms with van der Waals surface area (Å²) in [5.41, 5.74) is 10.3. The molecule has 0 bridgehead atoms. The van der Waals surface area contributed by atoms with Crippen LogP contribution < -0.4 is 15.6 Å². The Hall–Kier alpha value is -3.19. The SMILES string of the molecule is CCCCOc1ccc(C2CC(C(=O)N3CCN(C(c4ccccc4)c4ccccc4)CC3)NN2)cc1. The number of nitrogens with zero attached hydrogens (tertiary/aromatic N) is 2. The normalized spacial score (nSPS) is 20.3. The molecule has 2 N–H and O–H groups in total. The molecule has 0 radical (unpaired) electrons. The van der Waals surface area contributed by atoms with Crippen LogP contribution in [-0.2, 0) is 4.79 Å². The van der Waals surface area contributed by atoms with Gasteiger partial charge in [-0.15, -0.1) is 0 Å². The molecule has 0 spiro atoms. The zero-order chi connectivity index (χ0) is 25.5. The first-order valence-electron chi connectivity index (χ1n) is 13.6. The minimum atomic E-state index is -0.212. The zero-order valence-electron chi connectivity index (χ0n) is 21.7. The van der Waals surface area contributed by atoms with Crippen molar-refractivity contribution < 1.29 is 9.53 Å². The van der Waals surface area contributed by atoms with Gasteiger partial charge in [0.05, 0.1) is 12.6 Å². The predicted molar refractivity (Wildman–Crippen MR) is 147 cm³/mol. The van der Waals surface area contributed by atoms with Crippen LogP contribution in [0.15, 0.2) is 84.9 Å². The second-order valence-corrected chi connectivity index (χ2v) is 9.99. The molecule has 1 amide bonds. The number of ether oxygens (including phenoxy) is 1. The van der Waals surface area contributed by atoms with E-state index in [1.807, 2.05) is 17.0 Å². The van der Waals surface area contributed by atoms with Crippen LogP contribution in [0.1, 0.15) is 55.0 Å². The summed E-state index contributed by atoms with van der Waals surface area (Å²) in [7, 11) is 0. The number of hydrazine groups is 1. The van der Waals surface area contributed by atoms with E-state index in [0.717, 1.165) is 57.8 Å². The molecule has 2 heterocycles. The lowest BCUT2D eigenvalue weighted by atomic mass is 9.96. The fourth-order valence-corrected chi connectivity index (χ4v) is 5.37. The molecule has 2 atom stereocenters. The van der Waals surface area contributed by atoms with Crippen molar-refractivity contribution in [2.24, 2.45) is 0 Å². The molecule has 6 nitrogen and oxygen atoms in total. The molecule has 2 unspecified atom stereocenters. The van der Waals surface area contributed by atoms with Gasteiger partial charge in [0.15, 0.2) is 0 Å². The summed E-state index contributed by atoms with van der Waals surface area (Å²) in [6.45, 7) is 6.09. The van der Waals surface area contributed by atoms with Gasteiger partial charge in [-0.05, 0) is 41.7 Å². The standard InChI is InChI=1S/C31H38N4O2/c1-2-3-22-37-27-16-14-24(15-17-27)28-23-29(33-32-28)31(36)35-20-18-34(19-21-35)30(25-10-6-4-7-11-25)26-12-8-5-9-13-26/h4-17,28-30,32-33H,2-3,18-23H2,1H3. The maximum atomic E-state index is 13.4. The van der Waals surface area contributed by atoms with Crippen LogP contribution >= 0.6 is 0 Å². The van der Waals surface area contributed by atoms with Gasteiger partial charge in [0.2, 0.25) is 5.91 Å². The Kier molecular flexibility index (Phi) is 8.51. The molecule has 6 heteroatoms. The summed E-state index contributed by atoms with van der Waals surface area (Å²) in [5.74, 6) is 1.09. The Morgan fingerprint density at radius 3 is 2.08 bits per heavy atom. The van der Waals surface area contributed by atoms with Crippen LogP contribution in [0.3, 0.4) is 0 Å². The van der Waals surface area contributed by atoms with Gasteiger partial charge in [0.1, 0.15) is 11.8 Å². The number of benzene rings is 3. The van der Waals surface area contributed by atoms with E-state index in [1.165, 1.54) is 16.7 Å². The Morgan fingerprint density at radius 2 is 1.49 bits per heavy atom. The molecular weight excluding hydrogens is 460 g/mol. The summed E-state index contributed by atoms with van der Waals surface area (Å²) >= 11 is 0. The maximum Gasteiger partial charge on any atom is 0.241 e. The fourth-order valence-electron chi connectivity index (χ4n) is 5.37. The Bertz CT molecular complexity index is 1080. The van der Waals surface area contributed by atoms with Crippen LogP contribution in [0.2, 0.25) is 0 Å². The second kappa shape index (κ2) is 12.4. The molecular formula is C31H38N4O2. The van der Waals surface area contributed by atoms with Gasteiger partial charge >= 0.3 is 0 Å². The Morgan fingerprint density at radius 1 is 0.865 bits per heavy atom. The predicted octanol–water partition coefficient (Wildman–Crippen LogP) is 4.71. The van der Waals surface area contributed by atoms with E-state index >= 15 is 0 Å². The quantitative estimate of drug-likeness (QED) is 0.419. The molecule has 194 valence electrons. The van der Waals surface area contributed by atoms with E-state index in [0.29, 0.717) is 0 Å². The van der Waals surface area contributed by atoms with Crippen molar-refractivity contribution in [3.63, 3.8) is 0 Å². The fraction of sp³-hybridized carbons (Fsp3) is 0.387. The van der Waals surface area contributed by atoms with Crippen molar-refractivity contribution in [1.82, 2.24) is 20.7 Å².